The van der Waals surface area contributed by atoms with Crippen molar-refractivity contribution in [3.63, 3.8) is 0 Å². The van der Waals surface area contributed by atoms with E-state index in [9.17, 15) is 22.8 Å². The van der Waals surface area contributed by atoms with Gasteiger partial charge in [0.1, 0.15) is 0 Å². The Bertz CT molecular complexity index is 1190. The first kappa shape index (κ1) is 20.7. The van der Waals surface area contributed by atoms with E-state index >= 15 is 0 Å². The van der Waals surface area contributed by atoms with Crippen molar-refractivity contribution in [2.75, 3.05) is 11.1 Å². The van der Waals surface area contributed by atoms with Crippen LogP contribution in [0.1, 0.15) is 29.7 Å². The second-order valence-corrected chi connectivity index (χ2v) is 8.11. The van der Waals surface area contributed by atoms with E-state index in [0.29, 0.717) is 29.3 Å². The smallest absolute Gasteiger partial charge is 0.324 e. The lowest BCUT2D eigenvalue weighted by Gasteiger charge is -2.16. The van der Waals surface area contributed by atoms with Crippen LogP contribution in [0.3, 0.4) is 0 Å². The number of nitrogens with zero attached hydrogens (tertiary/aromatic N) is 3. The Morgan fingerprint density at radius 2 is 2.03 bits per heavy atom. The van der Waals surface area contributed by atoms with Crippen molar-refractivity contribution in [1.29, 1.82) is 0 Å². The van der Waals surface area contributed by atoms with E-state index in [-0.39, 0.29) is 22.0 Å². The summed E-state index contributed by atoms with van der Waals surface area (Å²) < 4.78 is 40.4. The number of alkyl halides is 3. The van der Waals surface area contributed by atoms with Crippen LogP contribution in [-0.2, 0) is 23.8 Å². The number of aromatic nitrogens is 4. The van der Waals surface area contributed by atoms with Crippen molar-refractivity contribution in [1.82, 2.24) is 19.6 Å². The van der Waals surface area contributed by atoms with E-state index in [1.165, 1.54) is 0 Å². The highest BCUT2D eigenvalue weighted by molar-refractivity contribution is 7.99. The van der Waals surface area contributed by atoms with E-state index in [4.69, 9.17) is 11.6 Å². The van der Waals surface area contributed by atoms with Crippen LogP contribution in [0.15, 0.2) is 28.2 Å². The lowest BCUT2D eigenvalue weighted by Crippen LogP contribution is -2.23. The third-order valence-corrected chi connectivity index (χ3v) is 6.00. The molecule has 3 aromatic rings. The maximum absolute atomic E-state index is 12.9. The molecule has 158 valence electrons. The zero-order chi connectivity index (χ0) is 21.5. The molecule has 4 rings (SSSR count). The fourth-order valence-corrected chi connectivity index (χ4v) is 4.28. The van der Waals surface area contributed by atoms with Crippen LogP contribution in [-0.4, -0.2) is 31.2 Å². The summed E-state index contributed by atoms with van der Waals surface area (Å²) in [5, 5.41) is 10.8. The molecule has 0 unspecified atom stereocenters. The second-order valence-electron chi connectivity index (χ2n) is 6.76. The van der Waals surface area contributed by atoms with E-state index < -0.39 is 17.6 Å². The summed E-state index contributed by atoms with van der Waals surface area (Å²) in [7, 11) is 0. The number of aryl methyl sites for hydroxylation is 1. The quantitative estimate of drug-likeness (QED) is 0.583. The van der Waals surface area contributed by atoms with Gasteiger partial charge in [0, 0.05) is 11.3 Å². The zero-order valence-electron chi connectivity index (χ0n) is 15.3. The van der Waals surface area contributed by atoms with Gasteiger partial charge in [-0.1, -0.05) is 23.4 Å². The standard InChI is InChI=1S/C18H15ClF3N5O2S/c19-11-6-5-9(18(20,21)22)7-12(11)23-14(28)8-30-17-26-25-16-24-15(29)10-3-1-2-4-13(10)27(16)17/h5-7H,1-4,8H2,(H,23,28)(H,24,25,29). The first-order valence-electron chi connectivity index (χ1n) is 9.02. The molecule has 0 atom stereocenters. The maximum atomic E-state index is 12.9. The van der Waals surface area contributed by atoms with E-state index in [0.717, 1.165) is 48.5 Å². The third-order valence-electron chi connectivity index (χ3n) is 4.74. The predicted molar refractivity (Wildman–Crippen MR) is 106 cm³/mol. The lowest BCUT2D eigenvalue weighted by atomic mass is 9.97. The Labute approximate surface area is 177 Å². The van der Waals surface area contributed by atoms with Crippen molar-refractivity contribution < 1.29 is 18.0 Å². The molecule has 0 saturated heterocycles. The second kappa shape index (κ2) is 7.95. The highest BCUT2D eigenvalue weighted by Gasteiger charge is 2.31. The summed E-state index contributed by atoms with van der Waals surface area (Å²) >= 11 is 6.98. The fourth-order valence-electron chi connectivity index (χ4n) is 3.36. The van der Waals surface area contributed by atoms with E-state index in [2.05, 4.69) is 20.5 Å². The number of carbonyl (C=O) groups excluding carboxylic acids is 1. The number of hydrogen-bond acceptors (Lipinski definition) is 5. The largest absolute Gasteiger partial charge is 0.416 e. The number of fused-ring (bicyclic) bond motifs is 3. The molecule has 2 heterocycles. The summed E-state index contributed by atoms with van der Waals surface area (Å²) in [5.74, 6) is -0.373. The normalized spacial score (nSPS) is 14.0. The van der Waals surface area contributed by atoms with Crippen LogP contribution < -0.4 is 10.9 Å². The molecular weight excluding hydrogens is 443 g/mol. The van der Waals surface area contributed by atoms with E-state index in [1.807, 2.05) is 0 Å². The number of rotatable bonds is 4. The lowest BCUT2D eigenvalue weighted by molar-refractivity contribution is -0.137. The van der Waals surface area contributed by atoms with Gasteiger partial charge in [-0.25, -0.2) is 0 Å². The molecular formula is C18H15ClF3N5O2S. The Morgan fingerprint density at radius 3 is 2.80 bits per heavy atom. The SMILES string of the molecule is O=C(CSc1nnc2[nH]c(=O)c3c(n12)CCCC3)Nc1cc(C(F)(F)F)ccc1Cl. The van der Waals surface area contributed by atoms with Crippen molar-refractivity contribution in [2.24, 2.45) is 0 Å². The molecule has 0 bridgehead atoms. The van der Waals surface area contributed by atoms with Crippen molar-refractivity contribution in [2.45, 2.75) is 37.0 Å². The average molecular weight is 458 g/mol. The molecule has 1 aliphatic rings. The fraction of sp³-hybridized carbons (Fsp3) is 0.333. The van der Waals surface area contributed by atoms with Gasteiger partial charge in [0.25, 0.3) is 5.56 Å². The van der Waals surface area contributed by atoms with E-state index in [1.54, 1.807) is 4.40 Å². The van der Waals surface area contributed by atoms with Gasteiger partial charge < -0.3 is 5.32 Å². The number of thioether (sulfide) groups is 1. The molecule has 2 aromatic heterocycles. The number of anilines is 1. The van der Waals surface area contributed by atoms with Crippen molar-refractivity contribution >= 4 is 40.7 Å². The third kappa shape index (κ3) is 4.04. The molecule has 2 N–H and O–H groups in total. The van der Waals surface area contributed by atoms with Gasteiger partial charge in [0.15, 0.2) is 5.16 Å². The average Bonchev–Trinajstić information content (AvgIpc) is 3.10. The minimum atomic E-state index is -4.55. The number of hydrogen-bond donors (Lipinski definition) is 2. The monoisotopic (exact) mass is 457 g/mol. The minimum Gasteiger partial charge on any atom is -0.324 e. The van der Waals surface area contributed by atoms with Gasteiger partial charge in [-0.3, -0.25) is 19.0 Å². The highest BCUT2D eigenvalue weighted by Crippen LogP contribution is 2.34. The number of H-pyrrole nitrogens is 1. The molecule has 7 nitrogen and oxygen atoms in total. The van der Waals surface area contributed by atoms with Crippen LogP contribution >= 0.6 is 23.4 Å². The first-order chi connectivity index (χ1) is 14.2. The molecule has 1 aliphatic carbocycles. The summed E-state index contributed by atoms with van der Waals surface area (Å²) in [4.78, 5) is 27.2. The molecule has 0 fully saturated rings. The molecule has 0 radical (unpaired) electrons. The van der Waals surface area contributed by atoms with Gasteiger partial charge in [-0.2, -0.15) is 13.2 Å². The Hall–Kier alpha value is -2.53. The Balaban J connectivity index is 1.53. The number of benzene rings is 1. The topological polar surface area (TPSA) is 92.2 Å². The number of amides is 1. The van der Waals surface area contributed by atoms with Crippen LogP contribution in [0.2, 0.25) is 5.02 Å². The molecule has 0 aliphatic heterocycles. The van der Waals surface area contributed by atoms with Crippen LogP contribution in [0, 0.1) is 0 Å². The predicted octanol–water partition coefficient (Wildman–Crippen LogP) is 3.70. The van der Waals surface area contributed by atoms with Gasteiger partial charge in [0.2, 0.25) is 11.7 Å². The first-order valence-corrected chi connectivity index (χ1v) is 10.4. The number of aromatic amines is 1. The number of nitrogens with one attached hydrogen (secondary N) is 2. The van der Waals surface area contributed by atoms with Crippen molar-refractivity contribution in [3.05, 3.63) is 50.4 Å². The molecule has 30 heavy (non-hydrogen) atoms. The highest BCUT2D eigenvalue weighted by atomic mass is 35.5. The van der Waals surface area contributed by atoms with Gasteiger partial charge in [0.05, 0.1) is 22.0 Å². The summed E-state index contributed by atoms with van der Waals surface area (Å²) in [6.07, 6.45) is -1.32. The van der Waals surface area contributed by atoms with Gasteiger partial charge in [-0.15, -0.1) is 10.2 Å². The molecule has 12 heteroatoms. The molecule has 1 amide bonds. The van der Waals surface area contributed by atoms with Crippen LogP contribution in [0.5, 0.6) is 0 Å². The minimum absolute atomic E-state index is 0.000854. The summed E-state index contributed by atoms with van der Waals surface area (Å²) in [6.45, 7) is 0. The van der Waals surface area contributed by atoms with Crippen LogP contribution in [0.25, 0.3) is 5.78 Å². The molecule has 1 aromatic carbocycles. The van der Waals surface area contributed by atoms with Gasteiger partial charge >= 0.3 is 6.18 Å². The maximum Gasteiger partial charge on any atom is 0.416 e. The number of halogens is 4. The summed E-state index contributed by atoms with van der Waals surface area (Å²) in [5.41, 5.74) is 0.307. The summed E-state index contributed by atoms with van der Waals surface area (Å²) in [6, 6.07) is 2.72. The molecule has 0 saturated carbocycles. The van der Waals surface area contributed by atoms with Gasteiger partial charge in [-0.05, 0) is 43.9 Å². The Morgan fingerprint density at radius 1 is 1.27 bits per heavy atom. The van der Waals surface area contributed by atoms with Crippen molar-refractivity contribution in [3.8, 4) is 0 Å². The Kier molecular flexibility index (Phi) is 5.49. The number of carbonyl (C=O) groups is 1. The molecule has 0 spiro atoms. The zero-order valence-corrected chi connectivity index (χ0v) is 16.9. The van der Waals surface area contributed by atoms with Crippen LogP contribution in [0.4, 0.5) is 18.9 Å².